The average Bonchev–Trinajstić information content (AvgIpc) is 3.15. The monoisotopic (exact) mass is 248 g/mol. The van der Waals surface area contributed by atoms with E-state index in [0.29, 0.717) is 12.6 Å². The fourth-order valence-corrected chi connectivity index (χ4v) is 1.73. The molecule has 0 bridgehead atoms. The van der Waals surface area contributed by atoms with Crippen LogP contribution in [0.15, 0.2) is 24.3 Å². The molecular formula is C14H20N2O2. The molecule has 0 radical (unpaired) electrons. The summed E-state index contributed by atoms with van der Waals surface area (Å²) in [5.41, 5.74) is 7.67. The first-order valence-electron chi connectivity index (χ1n) is 6.42. The van der Waals surface area contributed by atoms with Gasteiger partial charge in [0.2, 0.25) is 5.91 Å². The predicted octanol–water partition coefficient (Wildman–Crippen LogP) is 1.50. The van der Waals surface area contributed by atoms with Gasteiger partial charge in [0.25, 0.3) is 0 Å². The Morgan fingerprint density at radius 2 is 2.22 bits per heavy atom. The van der Waals surface area contributed by atoms with E-state index >= 15 is 0 Å². The number of rotatable bonds is 6. The van der Waals surface area contributed by atoms with Crippen LogP contribution in [0.4, 0.5) is 5.69 Å². The maximum Gasteiger partial charge on any atom is 0.249 e. The Hall–Kier alpha value is -1.55. The van der Waals surface area contributed by atoms with Crippen molar-refractivity contribution in [2.24, 2.45) is 0 Å². The maximum absolute atomic E-state index is 11.6. The molecule has 1 amide bonds. The first-order chi connectivity index (χ1) is 8.66. The molecule has 1 unspecified atom stereocenters. The Kier molecular flexibility index (Phi) is 4.20. The van der Waals surface area contributed by atoms with Crippen molar-refractivity contribution in [3.63, 3.8) is 0 Å². The van der Waals surface area contributed by atoms with Crippen LogP contribution in [0, 0.1) is 0 Å². The second kappa shape index (κ2) is 5.87. The molecule has 0 aromatic heterocycles. The zero-order valence-corrected chi connectivity index (χ0v) is 10.7. The van der Waals surface area contributed by atoms with E-state index in [0.717, 1.165) is 30.5 Å². The number of hydrogen-bond acceptors (Lipinski definition) is 3. The highest BCUT2D eigenvalue weighted by atomic mass is 16.5. The van der Waals surface area contributed by atoms with Crippen molar-refractivity contribution in [3.8, 4) is 0 Å². The number of anilines is 1. The predicted molar refractivity (Wildman–Crippen MR) is 71.1 cm³/mol. The van der Waals surface area contributed by atoms with Crippen LogP contribution in [0.2, 0.25) is 0 Å². The van der Waals surface area contributed by atoms with Gasteiger partial charge in [-0.1, -0.05) is 18.2 Å². The molecule has 1 aliphatic carbocycles. The summed E-state index contributed by atoms with van der Waals surface area (Å²) in [5.74, 6) is -0.0152. The number of nitrogens with one attached hydrogen (secondary N) is 1. The number of para-hydroxylation sites is 1. The second-order valence-corrected chi connectivity index (χ2v) is 4.74. The maximum atomic E-state index is 11.6. The molecular weight excluding hydrogens is 228 g/mol. The standard InChI is InChI=1S/C14H20N2O2/c1-10(14(17)16-12-6-7-12)18-9-8-11-4-2-3-5-13(11)15/h2-5,10,12H,6-9,15H2,1H3,(H,16,17). The molecule has 0 heterocycles. The SMILES string of the molecule is CC(OCCc1ccccc1N)C(=O)NC1CC1. The average molecular weight is 248 g/mol. The largest absolute Gasteiger partial charge is 0.399 e. The molecule has 4 heteroatoms. The summed E-state index contributed by atoms with van der Waals surface area (Å²) in [6, 6.07) is 8.10. The van der Waals surface area contributed by atoms with E-state index in [1.54, 1.807) is 6.92 Å². The van der Waals surface area contributed by atoms with Gasteiger partial charge in [0.05, 0.1) is 6.61 Å². The number of ether oxygens (including phenoxy) is 1. The molecule has 18 heavy (non-hydrogen) atoms. The molecule has 0 spiro atoms. The normalized spacial score (nSPS) is 16.3. The van der Waals surface area contributed by atoms with Gasteiger partial charge in [0.15, 0.2) is 0 Å². The molecule has 98 valence electrons. The highest BCUT2D eigenvalue weighted by molar-refractivity contribution is 5.80. The quantitative estimate of drug-likeness (QED) is 0.750. The van der Waals surface area contributed by atoms with E-state index in [1.165, 1.54) is 0 Å². The Labute approximate surface area is 108 Å². The lowest BCUT2D eigenvalue weighted by Gasteiger charge is -2.13. The van der Waals surface area contributed by atoms with Crippen molar-refractivity contribution in [1.29, 1.82) is 0 Å². The summed E-state index contributed by atoms with van der Waals surface area (Å²) >= 11 is 0. The van der Waals surface area contributed by atoms with E-state index < -0.39 is 6.10 Å². The molecule has 2 rings (SSSR count). The van der Waals surface area contributed by atoms with Crippen molar-refractivity contribution in [1.82, 2.24) is 5.32 Å². The van der Waals surface area contributed by atoms with Gasteiger partial charge < -0.3 is 15.8 Å². The second-order valence-electron chi connectivity index (χ2n) is 4.74. The van der Waals surface area contributed by atoms with E-state index in [9.17, 15) is 4.79 Å². The first-order valence-corrected chi connectivity index (χ1v) is 6.42. The Balaban J connectivity index is 1.71. The molecule has 1 aromatic rings. The summed E-state index contributed by atoms with van der Waals surface area (Å²) in [5, 5.41) is 2.93. The van der Waals surface area contributed by atoms with Crippen LogP contribution in [-0.2, 0) is 16.0 Å². The van der Waals surface area contributed by atoms with E-state index in [4.69, 9.17) is 10.5 Å². The topological polar surface area (TPSA) is 64.3 Å². The number of hydrogen-bond donors (Lipinski definition) is 2. The van der Waals surface area contributed by atoms with Crippen molar-refractivity contribution < 1.29 is 9.53 Å². The highest BCUT2D eigenvalue weighted by Crippen LogP contribution is 2.18. The lowest BCUT2D eigenvalue weighted by Crippen LogP contribution is -2.36. The first kappa shape index (κ1) is 12.9. The fourth-order valence-electron chi connectivity index (χ4n) is 1.73. The molecule has 1 aliphatic rings. The Morgan fingerprint density at radius 1 is 1.50 bits per heavy atom. The zero-order chi connectivity index (χ0) is 13.0. The third kappa shape index (κ3) is 3.74. The number of carbonyl (C=O) groups excluding carboxylic acids is 1. The lowest BCUT2D eigenvalue weighted by molar-refractivity contribution is -0.131. The van der Waals surface area contributed by atoms with E-state index in [2.05, 4.69) is 5.32 Å². The summed E-state index contributed by atoms with van der Waals surface area (Å²) < 4.78 is 5.52. The van der Waals surface area contributed by atoms with Crippen molar-refractivity contribution >= 4 is 11.6 Å². The summed E-state index contributed by atoms with van der Waals surface area (Å²) in [7, 11) is 0. The summed E-state index contributed by atoms with van der Waals surface area (Å²) in [6.07, 6.45) is 2.53. The molecule has 4 nitrogen and oxygen atoms in total. The van der Waals surface area contributed by atoms with Crippen LogP contribution in [-0.4, -0.2) is 24.7 Å². The van der Waals surface area contributed by atoms with Gasteiger partial charge in [-0.2, -0.15) is 0 Å². The number of nitrogen functional groups attached to an aromatic ring is 1. The van der Waals surface area contributed by atoms with Crippen LogP contribution in [0.1, 0.15) is 25.3 Å². The molecule has 0 saturated heterocycles. The zero-order valence-electron chi connectivity index (χ0n) is 10.7. The van der Waals surface area contributed by atoms with Gasteiger partial charge in [-0.3, -0.25) is 4.79 Å². The smallest absolute Gasteiger partial charge is 0.249 e. The highest BCUT2D eigenvalue weighted by Gasteiger charge is 2.25. The molecule has 0 aliphatic heterocycles. The molecule has 1 saturated carbocycles. The minimum Gasteiger partial charge on any atom is -0.399 e. The van der Waals surface area contributed by atoms with Gasteiger partial charge in [0.1, 0.15) is 6.10 Å². The summed E-state index contributed by atoms with van der Waals surface area (Å²) in [4.78, 5) is 11.6. The molecule has 1 aromatic carbocycles. The van der Waals surface area contributed by atoms with Crippen LogP contribution in [0.5, 0.6) is 0 Å². The van der Waals surface area contributed by atoms with Crippen molar-refractivity contribution in [2.45, 2.75) is 38.3 Å². The minimum absolute atomic E-state index is 0.0152. The lowest BCUT2D eigenvalue weighted by atomic mass is 10.1. The number of nitrogens with two attached hydrogens (primary N) is 1. The van der Waals surface area contributed by atoms with Crippen LogP contribution in [0.3, 0.4) is 0 Å². The van der Waals surface area contributed by atoms with Gasteiger partial charge in [0, 0.05) is 11.7 Å². The van der Waals surface area contributed by atoms with Crippen LogP contribution in [0.25, 0.3) is 0 Å². The van der Waals surface area contributed by atoms with E-state index in [1.807, 2.05) is 24.3 Å². The van der Waals surface area contributed by atoms with Gasteiger partial charge >= 0.3 is 0 Å². The van der Waals surface area contributed by atoms with E-state index in [-0.39, 0.29) is 5.91 Å². The van der Waals surface area contributed by atoms with Crippen LogP contribution < -0.4 is 11.1 Å². The van der Waals surface area contributed by atoms with Crippen LogP contribution >= 0.6 is 0 Å². The minimum atomic E-state index is -0.393. The summed E-state index contributed by atoms with van der Waals surface area (Å²) in [6.45, 7) is 2.29. The molecule has 3 N–H and O–H groups in total. The van der Waals surface area contributed by atoms with Gasteiger partial charge in [-0.15, -0.1) is 0 Å². The third-order valence-electron chi connectivity index (χ3n) is 3.09. The Morgan fingerprint density at radius 3 is 2.89 bits per heavy atom. The third-order valence-corrected chi connectivity index (χ3v) is 3.09. The molecule has 1 fully saturated rings. The number of amides is 1. The van der Waals surface area contributed by atoms with Crippen molar-refractivity contribution in [2.75, 3.05) is 12.3 Å². The number of carbonyl (C=O) groups is 1. The number of benzene rings is 1. The fraction of sp³-hybridized carbons (Fsp3) is 0.500. The van der Waals surface area contributed by atoms with Gasteiger partial charge in [-0.25, -0.2) is 0 Å². The van der Waals surface area contributed by atoms with Gasteiger partial charge in [-0.05, 0) is 37.8 Å². The Bertz CT molecular complexity index is 416. The molecule has 1 atom stereocenters. The van der Waals surface area contributed by atoms with Crippen molar-refractivity contribution in [3.05, 3.63) is 29.8 Å².